The van der Waals surface area contributed by atoms with E-state index in [-0.39, 0.29) is 24.6 Å². The van der Waals surface area contributed by atoms with Crippen LogP contribution in [-0.4, -0.2) is 23.3 Å². The molecule has 0 aromatic rings. The second-order valence-electron chi connectivity index (χ2n) is 4.52. The van der Waals surface area contributed by atoms with Crippen LogP contribution < -0.4 is 0 Å². The molecule has 15 heavy (non-hydrogen) atoms. The number of hydrogen-bond donors (Lipinski definition) is 1. The highest BCUT2D eigenvalue weighted by atomic mass is 16.6. The molecular formula is C12H24O3. The zero-order valence-corrected chi connectivity index (χ0v) is 10.2. The van der Waals surface area contributed by atoms with Crippen molar-refractivity contribution in [2.75, 3.05) is 6.61 Å². The second kappa shape index (κ2) is 7.69. The third-order valence-corrected chi connectivity index (χ3v) is 2.34. The number of rotatable bonds is 8. The van der Waals surface area contributed by atoms with Crippen molar-refractivity contribution >= 4 is 5.97 Å². The first-order valence-electron chi connectivity index (χ1n) is 5.84. The third kappa shape index (κ3) is 8.43. The molecule has 90 valence electrons. The van der Waals surface area contributed by atoms with E-state index in [2.05, 4.69) is 6.92 Å². The van der Waals surface area contributed by atoms with Gasteiger partial charge in [-0.15, -0.1) is 0 Å². The predicted molar refractivity (Wildman–Crippen MR) is 60.6 cm³/mol. The van der Waals surface area contributed by atoms with Gasteiger partial charge in [-0.2, -0.15) is 0 Å². The fourth-order valence-corrected chi connectivity index (χ4v) is 1.48. The van der Waals surface area contributed by atoms with Crippen molar-refractivity contribution < 1.29 is 14.6 Å². The lowest BCUT2D eigenvalue weighted by Gasteiger charge is -2.25. The minimum absolute atomic E-state index is 0.0956. The summed E-state index contributed by atoms with van der Waals surface area (Å²) in [4.78, 5) is 11.2. The van der Waals surface area contributed by atoms with Crippen molar-refractivity contribution in [2.24, 2.45) is 0 Å². The van der Waals surface area contributed by atoms with Crippen LogP contribution in [0, 0.1) is 0 Å². The summed E-state index contributed by atoms with van der Waals surface area (Å²) >= 11 is 0. The molecule has 3 heteroatoms. The number of hydrogen-bond acceptors (Lipinski definition) is 3. The molecule has 0 rings (SSSR count). The molecule has 3 nitrogen and oxygen atoms in total. The van der Waals surface area contributed by atoms with Crippen LogP contribution in [0.25, 0.3) is 0 Å². The topological polar surface area (TPSA) is 46.5 Å². The zero-order chi connectivity index (χ0) is 11.7. The van der Waals surface area contributed by atoms with E-state index in [1.807, 2.05) is 13.8 Å². The first kappa shape index (κ1) is 14.4. The number of aliphatic hydroxyl groups is 1. The van der Waals surface area contributed by atoms with Crippen LogP contribution in [0.2, 0.25) is 0 Å². The summed E-state index contributed by atoms with van der Waals surface area (Å²) in [7, 11) is 0. The summed E-state index contributed by atoms with van der Waals surface area (Å²) in [6.07, 6.45) is 5.72. The normalized spacial score (nSPS) is 11.5. The third-order valence-electron chi connectivity index (χ3n) is 2.34. The van der Waals surface area contributed by atoms with Crippen molar-refractivity contribution in [2.45, 2.75) is 64.9 Å². The molecule has 0 radical (unpaired) electrons. The van der Waals surface area contributed by atoms with Crippen molar-refractivity contribution in [1.82, 2.24) is 0 Å². The largest absolute Gasteiger partial charge is 0.460 e. The molecule has 0 spiro atoms. The minimum Gasteiger partial charge on any atom is -0.460 e. The van der Waals surface area contributed by atoms with Crippen LogP contribution in [0.4, 0.5) is 0 Å². The lowest BCUT2D eigenvalue weighted by atomic mass is 10.00. The maximum absolute atomic E-state index is 11.2. The van der Waals surface area contributed by atoms with Gasteiger partial charge in [-0.25, -0.2) is 0 Å². The molecule has 0 saturated carbocycles. The Morgan fingerprint density at radius 1 is 1.27 bits per heavy atom. The molecule has 0 fully saturated rings. The van der Waals surface area contributed by atoms with Crippen LogP contribution in [0.3, 0.4) is 0 Å². The molecule has 0 amide bonds. The van der Waals surface area contributed by atoms with Gasteiger partial charge < -0.3 is 9.84 Å². The van der Waals surface area contributed by atoms with E-state index in [1.54, 1.807) is 0 Å². The number of ether oxygens (including phenoxy) is 1. The number of carbonyl (C=O) groups is 1. The molecule has 0 aromatic heterocycles. The van der Waals surface area contributed by atoms with Crippen molar-refractivity contribution in [3.05, 3.63) is 0 Å². The highest BCUT2D eigenvalue weighted by Gasteiger charge is 2.21. The average molecular weight is 216 g/mol. The Labute approximate surface area is 92.8 Å². The van der Waals surface area contributed by atoms with Gasteiger partial charge in [-0.1, -0.05) is 26.2 Å². The minimum atomic E-state index is -0.389. The summed E-state index contributed by atoms with van der Waals surface area (Å²) in [6, 6.07) is 0. The molecule has 0 bridgehead atoms. The van der Waals surface area contributed by atoms with Gasteiger partial charge in [0.15, 0.2) is 0 Å². The van der Waals surface area contributed by atoms with Gasteiger partial charge in [0.2, 0.25) is 0 Å². The molecule has 0 aliphatic heterocycles. The van der Waals surface area contributed by atoms with Gasteiger partial charge in [-0.05, 0) is 26.7 Å². The summed E-state index contributed by atoms with van der Waals surface area (Å²) in [6.45, 7) is 5.89. The number of aliphatic hydroxyl groups excluding tert-OH is 1. The Morgan fingerprint density at radius 3 is 2.47 bits per heavy atom. The average Bonchev–Trinajstić information content (AvgIpc) is 2.12. The van der Waals surface area contributed by atoms with Gasteiger partial charge in [0, 0.05) is 0 Å². The van der Waals surface area contributed by atoms with E-state index in [0.717, 1.165) is 12.8 Å². The van der Waals surface area contributed by atoms with Crippen molar-refractivity contribution in [3.8, 4) is 0 Å². The Morgan fingerprint density at radius 2 is 1.93 bits per heavy atom. The van der Waals surface area contributed by atoms with E-state index in [9.17, 15) is 4.79 Å². The van der Waals surface area contributed by atoms with Crippen LogP contribution in [0.5, 0.6) is 0 Å². The molecule has 0 saturated heterocycles. The smallest absolute Gasteiger partial charge is 0.308 e. The Balaban J connectivity index is 3.70. The monoisotopic (exact) mass is 216 g/mol. The molecule has 0 unspecified atom stereocenters. The van der Waals surface area contributed by atoms with Crippen molar-refractivity contribution in [3.63, 3.8) is 0 Å². The van der Waals surface area contributed by atoms with E-state index < -0.39 is 0 Å². The molecule has 1 N–H and O–H groups in total. The van der Waals surface area contributed by atoms with E-state index in [1.165, 1.54) is 19.3 Å². The highest BCUT2D eigenvalue weighted by Crippen LogP contribution is 2.19. The number of unbranched alkanes of at least 4 members (excludes halogenated alkanes) is 3. The van der Waals surface area contributed by atoms with E-state index in [0.29, 0.717) is 0 Å². The Hall–Kier alpha value is -0.570. The summed E-state index contributed by atoms with van der Waals surface area (Å²) < 4.78 is 5.26. The lowest BCUT2D eigenvalue weighted by molar-refractivity contribution is -0.157. The number of carbonyl (C=O) groups excluding carboxylic acids is 1. The predicted octanol–water partition coefficient (Wildman–Crippen LogP) is 2.66. The first-order chi connectivity index (χ1) is 7.02. The molecule has 0 aromatic carbocycles. The quantitative estimate of drug-likeness (QED) is 0.501. The van der Waals surface area contributed by atoms with Crippen LogP contribution in [-0.2, 0) is 9.53 Å². The van der Waals surface area contributed by atoms with Gasteiger partial charge in [0.25, 0.3) is 0 Å². The summed E-state index contributed by atoms with van der Waals surface area (Å²) in [5.74, 6) is -0.307. The van der Waals surface area contributed by atoms with Crippen molar-refractivity contribution in [1.29, 1.82) is 0 Å². The standard InChI is InChI=1S/C12H24O3/c1-4-5-6-7-9-12(2,3)15-11(14)8-10-13/h13H,4-10H2,1-3H3. The Kier molecular flexibility index (Phi) is 7.39. The van der Waals surface area contributed by atoms with E-state index >= 15 is 0 Å². The fourth-order valence-electron chi connectivity index (χ4n) is 1.48. The zero-order valence-electron chi connectivity index (χ0n) is 10.2. The van der Waals surface area contributed by atoms with Crippen LogP contribution in [0.1, 0.15) is 59.3 Å². The maximum atomic E-state index is 11.2. The fraction of sp³-hybridized carbons (Fsp3) is 0.917. The Bertz CT molecular complexity index is 176. The summed E-state index contributed by atoms with van der Waals surface area (Å²) in [5.41, 5.74) is -0.389. The molecular weight excluding hydrogens is 192 g/mol. The van der Waals surface area contributed by atoms with Gasteiger partial charge >= 0.3 is 5.97 Å². The van der Waals surface area contributed by atoms with Crippen LogP contribution in [0.15, 0.2) is 0 Å². The van der Waals surface area contributed by atoms with Crippen LogP contribution >= 0.6 is 0 Å². The summed E-state index contributed by atoms with van der Waals surface area (Å²) in [5, 5.41) is 8.58. The van der Waals surface area contributed by atoms with Gasteiger partial charge in [0.1, 0.15) is 5.60 Å². The van der Waals surface area contributed by atoms with Gasteiger partial charge in [-0.3, -0.25) is 4.79 Å². The molecule has 0 atom stereocenters. The second-order valence-corrected chi connectivity index (χ2v) is 4.52. The van der Waals surface area contributed by atoms with E-state index in [4.69, 9.17) is 9.84 Å². The molecule has 0 heterocycles. The molecule has 0 aliphatic rings. The number of esters is 1. The maximum Gasteiger partial charge on any atom is 0.308 e. The van der Waals surface area contributed by atoms with Gasteiger partial charge in [0.05, 0.1) is 13.0 Å². The lowest BCUT2D eigenvalue weighted by Crippen LogP contribution is -2.28. The first-order valence-corrected chi connectivity index (χ1v) is 5.84. The highest BCUT2D eigenvalue weighted by molar-refractivity contribution is 5.69. The SMILES string of the molecule is CCCCCCC(C)(C)OC(=O)CCO. The molecule has 0 aliphatic carbocycles.